The number of aryl methyl sites for hydroxylation is 1. The second-order valence-corrected chi connectivity index (χ2v) is 8.39. The average molecular weight is 437 g/mol. The monoisotopic (exact) mass is 436 g/mol. The molecule has 2 aromatic carbocycles. The van der Waals surface area contributed by atoms with E-state index in [0.29, 0.717) is 24.5 Å². The van der Waals surface area contributed by atoms with Gasteiger partial charge >= 0.3 is 0 Å². The van der Waals surface area contributed by atoms with Crippen molar-refractivity contribution in [3.63, 3.8) is 0 Å². The Morgan fingerprint density at radius 1 is 1.12 bits per heavy atom. The Morgan fingerprint density at radius 2 is 1.84 bits per heavy atom. The van der Waals surface area contributed by atoms with Crippen molar-refractivity contribution in [2.75, 3.05) is 33.8 Å². The third-order valence-corrected chi connectivity index (χ3v) is 5.59. The van der Waals surface area contributed by atoms with Gasteiger partial charge in [-0.3, -0.25) is 9.59 Å². The largest absolute Gasteiger partial charge is 0.507 e. The number of nitrogens with zero attached hydrogens (tertiary/aromatic N) is 2. The molecule has 170 valence electrons. The van der Waals surface area contributed by atoms with Crippen LogP contribution in [-0.2, 0) is 9.59 Å². The molecule has 6 heteroatoms. The Labute approximate surface area is 190 Å². The zero-order valence-corrected chi connectivity index (χ0v) is 19.3. The molecule has 1 saturated heterocycles. The SMILES string of the molecule is CCCOc1ccc(/C(O)=C2/C(=O)C(=O)N(CCCN(C)C)C2c2ccccc2)c(C)c1. The van der Waals surface area contributed by atoms with Crippen LogP contribution in [0.4, 0.5) is 0 Å². The number of aliphatic hydroxyl groups is 1. The van der Waals surface area contributed by atoms with Crippen LogP contribution in [0.25, 0.3) is 5.76 Å². The van der Waals surface area contributed by atoms with Crippen molar-refractivity contribution in [2.45, 2.75) is 32.7 Å². The van der Waals surface area contributed by atoms with E-state index < -0.39 is 17.7 Å². The molecule has 32 heavy (non-hydrogen) atoms. The molecular formula is C26H32N2O4. The molecule has 1 atom stereocenters. The lowest BCUT2D eigenvalue weighted by Gasteiger charge is -2.26. The first-order valence-electron chi connectivity index (χ1n) is 11.1. The fourth-order valence-corrected chi connectivity index (χ4v) is 4.01. The predicted octanol–water partition coefficient (Wildman–Crippen LogP) is 4.16. The fraction of sp³-hybridized carbons (Fsp3) is 0.385. The number of aliphatic hydroxyl groups excluding tert-OH is 1. The summed E-state index contributed by atoms with van der Waals surface area (Å²) in [5.74, 6) is -0.650. The van der Waals surface area contributed by atoms with Gasteiger partial charge in [-0.25, -0.2) is 0 Å². The Kier molecular flexibility index (Phi) is 7.70. The highest BCUT2D eigenvalue weighted by Crippen LogP contribution is 2.40. The van der Waals surface area contributed by atoms with Crippen LogP contribution in [0, 0.1) is 6.92 Å². The summed E-state index contributed by atoms with van der Waals surface area (Å²) in [6, 6.07) is 14.2. The fourth-order valence-electron chi connectivity index (χ4n) is 4.01. The van der Waals surface area contributed by atoms with E-state index in [2.05, 4.69) is 0 Å². The number of amides is 1. The first kappa shape index (κ1) is 23.5. The van der Waals surface area contributed by atoms with Crippen LogP contribution in [0.1, 0.15) is 42.5 Å². The maximum atomic E-state index is 13.1. The molecular weight excluding hydrogens is 404 g/mol. The average Bonchev–Trinajstić information content (AvgIpc) is 3.02. The van der Waals surface area contributed by atoms with E-state index in [1.54, 1.807) is 17.0 Å². The van der Waals surface area contributed by atoms with E-state index in [-0.39, 0.29) is 11.3 Å². The Bertz CT molecular complexity index is 998. The first-order chi connectivity index (χ1) is 15.3. The van der Waals surface area contributed by atoms with Crippen molar-refractivity contribution in [2.24, 2.45) is 0 Å². The standard InChI is InChI=1S/C26H32N2O4/c1-5-16-32-20-12-13-21(18(2)17-20)24(29)22-23(19-10-7-6-8-11-19)28(26(31)25(22)30)15-9-14-27(3)4/h6-8,10-13,17,23,29H,5,9,14-16H2,1-4H3/b24-22-. The molecule has 0 aliphatic carbocycles. The van der Waals surface area contributed by atoms with Gasteiger partial charge < -0.3 is 19.6 Å². The predicted molar refractivity (Wildman–Crippen MR) is 126 cm³/mol. The minimum atomic E-state index is -0.646. The molecule has 2 aromatic rings. The van der Waals surface area contributed by atoms with E-state index in [4.69, 9.17) is 4.74 Å². The number of benzene rings is 2. The number of carbonyl (C=O) groups excluding carboxylic acids is 2. The molecule has 0 spiro atoms. The Hall–Kier alpha value is -3.12. The summed E-state index contributed by atoms with van der Waals surface area (Å²) in [5, 5.41) is 11.3. The molecule has 1 unspecified atom stereocenters. The van der Waals surface area contributed by atoms with Crippen molar-refractivity contribution in [1.82, 2.24) is 9.80 Å². The molecule has 1 aliphatic rings. The summed E-state index contributed by atoms with van der Waals surface area (Å²) in [7, 11) is 3.94. The molecule has 1 heterocycles. The molecule has 1 amide bonds. The van der Waals surface area contributed by atoms with Crippen LogP contribution in [0.2, 0.25) is 0 Å². The van der Waals surface area contributed by atoms with Gasteiger partial charge in [0.15, 0.2) is 0 Å². The second kappa shape index (κ2) is 10.5. The van der Waals surface area contributed by atoms with Gasteiger partial charge in [-0.2, -0.15) is 0 Å². The first-order valence-corrected chi connectivity index (χ1v) is 11.1. The highest BCUT2D eigenvalue weighted by Gasteiger charge is 2.45. The number of rotatable bonds is 9. The van der Waals surface area contributed by atoms with Crippen LogP contribution in [-0.4, -0.2) is 60.4 Å². The van der Waals surface area contributed by atoms with Crippen molar-refractivity contribution >= 4 is 17.4 Å². The summed E-state index contributed by atoms with van der Waals surface area (Å²) in [6.45, 7) is 5.73. The molecule has 1 fully saturated rings. The van der Waals surface area contributed by atoms with Crippen LogP contribution in [0.15, 0.2) is 54.1 Å². The van der Waals surface area contributed by atoms with Gasteiger partial charge in [0.25, 0.3) is 11.7 Å². The molecule has 6 nitrogen and oxygen atoms in total. The highest BCUT2D eigenvalue weighted by atomic mass is 16.5. The van der Waals surface area contributed by atoms with Gasteiger partial charge in [-0.15, -0.1) is 0 Å². The molecule has 0 bridgehead atoms. The topological polar surface area (TPSA) is 70.1 Å². The van der Waals surface area contributed by atoms with Crippen LogP contribution in [0.3, 0.4) is 0 Å². The molecule has 1 aliphatic heterocycles. The van der Waals surface area contributed by atoms with Crippen LogP contribution < -0.4 is 4.74 Å². The number of carbonyl (C=O) groups is 2. The van der Waals surface area contributed by atoms with Crippen molar-refractivity contribution < 1.29 is 19.4 Å². The van der Waals surface area contributed by atoms with Gasteiger partial charge in [-0.05, 0) is 69.7 Å². The summed E-state index contributed by atoms with van der Waals surface area (Å²) >= 11 is 0. The summed E-state index contributed by atoms with van der Waals surface area (Å²) < 4.78 is 5.67. The molecule has 0 aromatic heterocycles. The smallest absolute Gasteiger partial charge is 0.295 e. The zero-order valence-electron chi connectivity index (χ0n) is 19.3. The maximum Gasteiger partial charge on any atom is 0.295 e. The minimum absolute atomic E-state index is 0.136. The highest BCUT2D eigenvalue weighted by molar-refractivity contribution is 6.46. The summed E-state index contributed by atoms with van der Waals surface area (Å²) in [5.41, 5.74) is 2.25. The lowest BCUT2D eigenvalue weighted by atomic mass is 9.94. The van der Waals surface area contributed by atoms with Gasteiger partial charge in [0.05, 0.1) is 18.2 Å². The van der Waals surface area contributed by atoms with E-state index in [1.165, 1.54) is 0 Å². The number of ketones is 1. The number of hydrogen-bond acceptors (Lipinski definition) is 5. The van der Waals surface area contributed by atoms with Crippen molar-refractivity contribution in [3.05, 3.63) is 70.8 Å². The third-order valence-electron chi connectivity index (χ3n) is 5.59. The quantitative estimate of drug-likeness (QED) is 0.363. The summed E-state index contributed by atoms with van der Waals surface area (Å²) in [6.07, 6.45) is 1.63. The van der Waals surface area contributed by atoms with E-state index in [9.17, 15) is 14.7 Å². The van der Waals surface area contributed by atoms with Gasteiger partial charge in [0.2, 0.25) is 0 Å². The van der Waals surface area contributed by atoms with E-state index >= 15 is 0 Å². The Balaban J connectivity index is 2.04. The van der Waals surface area contributed by atoms with Crippen LogP contribution in [0.5, 0.6) is 5.75 Å². The van der Waals surface area contributed by atoms with Gasteiger partial charge in [-0.1, -0.05) is 37.3 Å². The van der Waals surface area contributed by atoms with Crippen molar-refractivity contribution in [1.29, 1.82) is 0 Å². The number of likely N-dealkylation sites (tertiary alicyclic amines) is 1. The van der Waals surface area contributed by atoms with E-state index in [0.717, 1.165) is 30.5 Å². The second-order valence-electron chi connectivity index (χ2n) is 8.39. The number of hydrogen-bond donors (Lipinski definition) is 1. The molecule has 0 saturated carbocycles. The number of Topliss-reactive ketones (excluding diaryl/α,β-unsaturated/α-hetero) is 1. The molecule has 1 N–H and O–H groups in total. The van der Waals surface area contributed by atoms with Gasteiger partial charge in [0, 0.05) is 12.1 Å². The Morgan fingerprint density at radius 3 is 2.47 bits per heavy atom. The minimum Gasteiger partial charge on any atom is -0.507 e. The van der Waals surface area contributed by atoms with Crippen LogP contribution >= 0.6 is 0 Å². The maximum absolute atomic E-state index is 13.1. The zero-order chi connectivity index (χ0) is 23.3. The normalized spacial score (nSPS) is 17.9. The van der Waals surface area contributed by atoms with E-state index in [1.807, 2.05) is 69.2 Å². The number of ether oxygens (including phenoxy) is 1. The van der Waals surface area contributed by atoms with Crippen molar-refractivity contribution in [3.8, 4) is 5.75 Å². The van der Waals surface area contributed by atoms with Gasteiger partial charge in [0.1, 0.15) is 11.5 Å². The third kappa shape index (κ3) is 5.02. The molecule has 0 radical (unpaired) electrons. The molecule has 3 rings (SSSR count). The lowest BCUT2D eigenvalue weighted by Crippen LogP contribution is -2.32. The lowest BCUT2D eigenvalue weighted by molar-refractivity contribution is -0.139. The summed E-state index contributed by atoms with van der Waals surface area (Å²) in [4.78, 5) is 29.7.